The summed E-state index contributed by atoms with van der Waals surface area (Å²) in [7, 11) is -1.37. The topological polar surface area (TPSA) is 42.4 Å². The van der Waals surface area contributed by atoms with Crippen molar-refractivity contribution >= 4 is 8.07 Å². The number of rotatable bonds is 1. The van der Waals surface area contributed by atoms with Crippen molar-refractivity contribution < 1.29 is 9.84 Å². The van der Waals surface area contributed by atoms with Crippen LogP contribution >= 0.6 is 0 Å². The van der Waals surface area contributed by atoms with Crippen molar-refractivity contribution in [3.63, 3.8) is 0 Å². The number of aromatic nitrogens is 1. The zero-order valence-corrected chi connectivity index (χ0v) is 12.9. The Morgan fingerprint density at radius 2 is 1.95 bits per heavy atom. The predicted octanol–water partition coefficient (Wildman–Crippen LogP) is 2.31. The average Bonchev–Trinajstić information content (AvgIpc) is 2.37. The maximum Gasteiger partial charge on any atom is 0.129 e. The van der Waals surface area contributed by atoms with Gasteiger partial charge in [-0.2, -0.15) is 0 Å². The molecule has 1 aliphatic heterocycles. The van der Waals surface area contributed by atoms with Gasteiger partial charge in [0.15, 0.2) is 0 Å². The fourth-order valence-corrected chi connectivity index (χ4v) is 2.50. The smallest absolute Gasteiger partial charge is 0.129 e. The van der Waals surface area contributed by atoms with Gasteiger partial charge in [0, 0.05) is 37.8 Å². The van der Waals surface area contributed by atoms with Crippen molar-refractivity contribution in [1.82, 2.24) is 4.98 Å². The third-order valence-corrected chi connectivity index (χ3v) is 4.06. The summed E-state index contributed by atoms with van der Waals surface area (Å²) in [4.78, 5) is 4.35. The summed E-state index contributed by atoms with van der Waals surface area (Å²) in [5, 5.41) is 10.5. The highest BCUT2D eigenvalue weighted by atomic mass is 28.3. The number of hydrogen-bond donors (Lipinski definition) is 1. The zero-order valence-electron chi connectivity index (χ0n) is 11.9. The van der Waals surface area contributed by atoms with Crippen LogP contribution in [0.15, 0.2) is 18.3 Å². The first-order valence-corrected chi connectivity index (χ1v) is 10.2. The van der Waals surface area contributed by atoms with Crippen molar-refractivity contribution in [1.29, 1.82) is 0 Å². The summed E-state index contributed by atoms with van der Waals surface area (Å²) < 4.78 is 5.29. The van der Waals surface area contributed by atoms with E-state index in [1.165, 1.54) is 0 Å². The third kappa shape index (κ3) is 3.90. The molecule has 1 fully saturated rings. The zero-order chi connectivity index (χ0) is 13.9. The second-order valence-corrected chi connectivity index (χ2v) is 10.8. The van der Waals surface area contributed by atoms with Crippen LogP contribution in [0.25, 0.3) is 0 Å². The van der Waals surface area contributed by atoms with E-state index in [0.29, 0.717) is 26.1 Å². The SMILES string of the molecule is C[Si](C)(C)C#Cc1ccc(C2(O)CCOCC2)cn1. The molecule has 0 bridgehead atoms. The Labute approximate surface area is 116 Å². The molecule has 0 atom stereocenters. The number of nitrogens with zero attached hydrogens (tertiary/aromatic N) is 1. The van der Waals surface area contributed by atoms with Gasteiger partial charge in [0.2, 0.25) is 0 Å². The number of pyridine rings is 1. The molecular weight excluding hydrogens is 254 g/mol. The van der Waals surface area contributed by atoms with Crippen molar-refractivity contribution in [2.24, 2.45) is 0 Å². The van der Waals surface area contributed by atoms with Crippen LogP contribution in [0.2, 0.25) is 19.6 Å². The van der Waals surface area contributed by atoms with Gasteiger partial charge in [-0.05, 0) is 6.07 Å². The molecule has 3 nitrogen and oxygen atoms in total. The molecule has 4 heteroatoms. The van der Waals surface area contributed by atoms with E-state index in [1.54, 1.807) is 6.20 Å². The lowest BCUT2D eigenvalue weighted by molar-refractivity contribution is -0.0681. The Morgan fingerprint density at radius 1 is 1.26 bits per heavy atom. The molecule has 1 aromatic rings. The van der Waals surface area contributed by atoms with Gasteiger partial charge < -0.3 is 9.84 Å². The van der Waals surface area contributed by atoms with Gasteiger partial charge in [-0.1, -0.05) is 31.6 Å². The van der Waals surface area contributed by atoms with Crippen LogP contribution in [-0.4, -0.2) is 31.4 Å². The second kappa shape index (κ2) is 5.46. The van der Waals surface area contributed by atoms with Crippen LogP contribution in [0.1, 0.15) is 24.1 Å². The van der Waals surface area contributed by atoms with E-state index in [4.69, 9.17) is 4.74 Å². The fourth-order valence-electron chi connectivity index (χ4n) is 1.99. The van der Waals surface area contributed by atoms with E-state index in [9.17, 15) is 5.11 Å². The minimum Gasteiger partial charge on any atom is -0.385 e. The first-order valence-electron chi connectivity index (χ1n) is 6.69. The Kier molecular flexibility index (Phi) is 4.09. The lowest BCUT2D eigenvalue weighted by atomic mass is 9.87. The van der Waals surface area contributed by atoms with E-state index in [-0.39, 0.29) is 0 Å². The summed E-state index contributed by atoms with van der Waals surface area (Å²) in [6.45, 7) is 7.83. The highest BCUT2D eigenvalue weighted by Gasteiger charge is 2.31. The van der Waals surface area contributed by atoms with Gasteiger partial charge in [0.05, 0.1) is 5.60 Å². The van der Waals surface area contributed by atoms with E-state index in [0.717, 1.165) is 11.3 Å². The molecule has 19 heavy (non-hydrogen) atoms. The van der Waals surface area contributed by atoms with Crippen molar-refractivity contribution in [2.75, 3.05) is 13.2 Å². The molecule has 0 radical (unpaired) electrons. The van der Waals surface area contributed by atoms with Crippen LogP contribution < -0.4 is 0 Å². The van der Waals surface area contributed by atoms with Crippen molar-refractivity contribution in [2.45, 2.75) is 38.1 Å². The minimum atomic E-state index is -1.37. The maximum absolute atomic E-state index is 10.5. The highest BCUT2D eigenvalue weighted by molar-refractivity contribution is 6.83. The molecule has 0 unspecified atom stereocenters. The van der Waals surface area contributed by atoms with Gasteiger partial charge >= 0.3 is 0 Å². The molecule has 2 heterocycles. The minimum absolute atomic E-state index is 0.605. The largest absolute Gasteiger partial charge is 0.385 e. The lowest BCUT2D eigenvalue weighted by Gasteiger charge is -2.32. The monoisotopic (exact) mass is 275 g/mol. The van der Waals surface area contributed by atoms with Crippen molar-refractivity contribution in [3.05, 3.63) is 29.6 Å². The first kappa shape index (κ1) is 14.3. The summed E-state index contributed by atoms with van der Waals surface area (Å²) >= 11 is 0. The first-order chi connectivity index (χ1) is 8.89. The van der Waals surface area contributed by atoms with Gasteiger partial charge in [-0.3, -0.25) is 0 Å². The Balaban J connectivity index is 2.16. The number of aliphatic hydroxyl groups is 1. The summed E-state index contributed by atoms with van der Waals surface area (Å²) in [5.74, 6) is 3.12. The van der Waals surface area contributed by atoms with Gasteiger partial charge in [0.1, 0.15) is 13.8 Å². The molecular formula is C15H21NO2Si. The standard InChI is InChI=1S/C15H21NO2Si/c1-19(2,3)11-6-14-5-4-13(12-16-14)15(17)7-9-18-10-8-15/h4-5,12,17H,7-10H2,1-3H3. The third-order valence-electron chi connectivity index (χ3n) is 3.19. The maximum atomic E-state index is 10.5. The van der Waals surface area contributed by atoms with Crippen LogP contribution in [0.4, 0.5) is 0 Å². The number of hydrogen-bond acceptors (Lipinski definition) is 3. The molecule has 1 N–H and O–H groups in total. The van der Waals surface area contributed by atoms with E-state index in [1.807, 2.05) is 12.1 Å². The molecule has 0 aliphatic carbocycles. The van der Waals surface area contributed by atoms with Crippen LogP contribution in [-0.2, 0) is 10.3 Å². The number of ether oxygens (including phenoxy) is 1. The van der Waals surface area contributed by atoms with Crippen molar-refractivity contribution in [3.8, 4) is 11.5 Å². The molecule has 0 saturated carbocycles. The van der Waals surface area contributed by atoms with Crippen LogP contribution in [0.3, 0.4) is 0 Å². The summed E-state index contributed by atoms with van der Waals surface area (Å²) in [6.07, 6.45) is 3.02. The highest BCUT2D eigenvalue weighted by Crippen LogP contribution is 2.31. The molecule has 0 spiro atoms. The van der Waals surface area contributed by atoms with Crippen LogP contribution in [0.5, 0.6) is 0 Å². The quantitative estimate of drug-likeness (QED) is 0.632. The molecule has 1 aromatic heterocycles. The molecule has 102 valence electrons. The van der Waals surface area contributed by atoms with Gasteiger partial charge in [0.25, 0.3) is 0 Å². The second-order valence-electron chi connectivity index (χ2n) is 6.08. The van der Waals surface area contributed by atoms with Crippen LogP contribution in [0, 0.1) is 11.5 Å². The Hall–Kier alpha value is -1.15. The summed E-state index contributed by atoms with van der Waals surface area (Å²) in [6, 6.07) is 3.84. The normalized spacial score (nSPS) is 18.5. The predicted molar refractivity (Wildman–Crippen MR) is 78.4 cm³/mol. The molecule has 1 saturated heterocycles. The van der Waals surface area contributed by atoms with Gasteiger partial charge in [-0.15, -0.1) is 5.54 Å². The molecule has 0 amide bonds. The van der Waals surface area contributed by atoms with E-state index >= 15 is 0 Å². The van der Waals surface area contributed by atoms with E-state index < -0.39 is 13.7 Å². The lowest BCUT2D eigenvalue weighted by Crippen LogP contribution is -2.33. The average molecular weight is 275 g/mol. The van der Waals surface area contributed by atoms with E-state index in [2.05, 4.69) is 36.1 Å². The Bertz CT molecular complexity index is 488. The Morgan fingerprint density at radius 3 is 2.47 bits per heavy atom. The molecule has 0 aromatic carbocycles. The molecule has 1 aliphatic rings. The van der Waals surface area contributed by atoms with Gasteiger partial charge in [-0.25, -0.2) is 4.98 Å². The summed E-state index contributed by atoms with van der Waals surface area (Å²) in [5.41, 5.74) is 4.16. The molecule has 2 rings (SSSR count). The fraction of sp³-hybridized carbons (Fsp3) is 0.533.